The maximum absolute atomic E-state index is 11.0. The number of rotatable bonds is 30. The van der Waals surface area contributed by atoms with Gasteiger partial charge in [-0.2, -0.15) is 0 Å². The molecule has 9 aliphatic heterocycles. The first-order chi connectivity index (χ1) is 66.6. The van der Waals surface area contributed by atoms with Gasteiger partial charge in [0.05, 0.1) is 43.2 Å². The number of hydrogen-bond acceptors (Lipinski definition) is 55. The number of ether oxygens (including phenoxy) is 18. The molecule has 0 bridgehead atoms. The van der Waals surface area contributed by atoms with E-state index in [9.17, 15) is 181 Å². The van der Waals surface area contributed by atoms with Gasteiger partial charge in [-0.15, -0.1) is 0 Å². The number of nitrogens with two attached hydrogens (primary N) is 9. The van der Waals surface area contributed by atoms with Gasteiger partial charge in [-0.3, -0.25) is 43.2 Å². The second-order valence-electron chi connectivity index (χ2n) is 34.0. The second-order valence-corrected chi connectivity index (χ2v) is 34.0. The van der Waals surface area contributed by atoms with E-state index in [1.165, 1.54) is 6.92 Å². The van der Waals surface area contributed by atoms with Gasteiger partial charge < -0.3 is 280 Å². The maximum atomic E-state index is 11.0. The van der Waals surface area contributed by atoms with E-state index in [1.54, 1.807) is 76.2 Å². The van der Waals surface area contributed by atoms with Gasteiger partial charge in [-0.05, 0) is 95.9 Å². The van der Waals surface area contributed by atoms with Gasteiger partial charge in [0.25, 0.3) is 0 Å². The van der Waals surface area contributed by atoms with Crippen molar-refractivity contribution in [3.63, 3.8) is 0 Å². The molecule has 9 heterocycles. The highest BCUT2D eigenvalue weighted by atomic mass is 16.8. The van der Waals surface area contributed by atoms with E-state index in [-0.39, 0.29) is 56.9 Å². The number of carbonyl (C=O) groups excluding carboxylic acids is 9. The number of carbonyl (C=O) groups is 9. The van der Waals surface area contributed by atoms with Crippen LogP contribution >= 0.6 is 0 Å². The van der Waals surface area contributed by atoms with Crippen molar-refractivity contribution >= 4 is 53.2 Å². The van der Waals surface area contributed by atoms with Crippen LogP contribution in [-0.4, -0.2) is 536 Å². The first-order valence-corrected chi connectivity index (χ1v) is 44.9. The fourth-order valence-electron chi connectivity index (χ4n) is 13.1. The van der Waals surface area contributed by atoms with Gasteiger partial charge in [-0.1, -0.05) is 13.8 Å². The third kappa shape index (κ3) is 39.6. The van der Waals surface area contributed by atoms with Gasteiger partial charge in [0.15, 0.2) is 112 Å². The molecule has 0 aliphatic carbocycles. The van der Waals surface area contributed by atoms with Crippen molar-refractivity contribution in [2.75, 3.05) is 26.4 Å². The number of amides is 9. The van der Waals surface area contributed by atoms with Gasteiger partial charge in [0, 0.05) is 19.8 Å². The topological polar surface area (TPSA) is 1120 Å². The zero-order chi connectivity index (χ0) is 112. The third-order valence-corrected chi connectivity index (χ3v) is 21.4. The molecular weight excluding hydrogens is 1970 g/mol. The maximum Gasteiger partial charge on any atom is 0.249 e. The summed E-state index contributed by atoms with van der Waals surface area (Å²) in [4.78, 5) is 98.3. The van der Waals surface area contributed by atoms with Crippen molar-refractivity contribution in [2.24, 2.45) is 51.6 Å². The molecule has 9 aliphatic rings. The molecule has 64 nitrogen and oxygen atoms in total. The molecule has 21 unspecified atom stereocenters. The Morgan fingerprint density at radius 3 is 0.424 bits per heavy atom. The fraction of sp³-hybridized carbons (Fsp3) is 0.887. The van der Waals surface area contributed by atoms with Crippen molar-refractivity contribution in [3.8, 4) is 0 Å². The minimum Gasteiger partial charge on any atom is -0.394 e. The zero-order valence-corrected chi connectivity index (χ0v) is 80.9. The molecule has 846 valence electrons. The Balaban J connectivity index is 0.000000810. The van der Waals surface area contributed by atoms with Crippen molar-refractivity contribution in [1.82, 2.24) is 0 Å². The van der Waals surface area contributed by atoms with Gasteiger partial charge in [-0.25, -0.2) is 0 Å². The number of aliphatic hydroxyl groups excluding tert-OH is 28. The van der Waals surface area contributed by atoms with Gasteiger partial charge in [0.2, 0.25) is 53.2 Å². The van der Waals surface area contributed by atoms with E-state index in [0.717, 1.165) is 0 Å². The lowest BCUT2D eigenvalue weighted by atomic mass is 9.98. The molecule has 0 radical (unpaired) electrons. The summed E-state index contributed by atoms with van der Waals surface area (Å²) in [6, 6.07) is 0. The van der Waals surface area contributed by atoms with Crippen LogP contribution in [0.1, 0.15) is 110 Å². The molecule has 0 aromatic rings. The minimum absolute atomic E-state index is 0.217. The molecule has 64 heteroatoms. The molecule has 0 aromatic heterocycles. The summed E-state index contributed by atoms with van der Waals surface area (Å²) >= 11 is 0. The molecule has 0 aromatic carbocycles. The van der Waals surface area contributed by atoms with Crippen LogP contribution in [0.3, 0.4) is 0 Å². The molecule has 0 saturated carbocycles. The Labute approximate surface area is 822 Å². The van der Waals surface area contributed by atoms with Crippen LogP contribution in [0.15, 0.2) is 0 Å². The predicted octanol–water partition coefficient (Wildman–Crippen LogP) is -22.1. The number of hydrogen-bond donors (Lipinski definition) is 37. The molecule has 9 rings (SSSR count). The van der Waals surface area contributed by atoms with E-state index in [1.807, 2.05) is 13.8 Å². The normalized spacial score (nSPS) is 40.4. The molecule has 0 spiro atoms. The van der Waals surface area contributed by atoms with E-state index < -0.39 is 336 Å². The van der Waals surface area contributed by atoms with Gasteiger partial charge >= 0.3 is 0 Å². The SMILES string of the molecule is CC(C)O[C@@H]1OC(C(N)=O)[C@@H](O)C(O)[C@@H]1O.CC(C)O[C@@H]1OC(C(N)=O)[C@@H](O)C(O)[C@H]1O.CC(C)O[C@@H]1OC(C(N)=O)[C@H](O)C(O)[C@@H]1O.CC(CO)O[C@H]1OC(C(N)=O)[C@@H](O)C(O)[C@H]1O.CCC(C)O[C@@H]1OC(C(N)=O)[C@@H](O)C(O)[C@@H]1O.CCC(C)O[C@@H]1OC(C(N)=O)[C@H](O)C(O)[C@@H]1O.CCO[C@@H]1OC(C(N)=O)[C@@H](O)C(O)[C@@H]1O.CCO[C@@H]1OC(C(N)=O)[C@@H](O)C(O)[C@H]1O.CCO[C@@H]1OC(C(N)=O)[C@H](O)C(O)[C@@H]1O. The first kappa shape index (κ1) is 135. The monoisotopic (exact) mass is 2120 g/mol. The van der Waals surface area contributed by atoms with Crippen LogP contribution < -0.4 is 51.6 Å². The first-order valence-electron chi connectivity index (χ1n) is 44.9. The Bertz CT molecular complexity index is 3400. The quantitative estimate of drug-likeness (QED) is 0.0318. The van der Waals surface area contributed by atoms with Crippen LogP contribution in [0.25, 0.3) is 0 Å². The summed E-state index contributed by atoms with van der Waals surface area (Å²) in [5.41, 5.74) is 44.8. The van der Waals surface area contributed by atoms with Crippen LogP contribution in [0, 0.1) is 0 Å². The molecular formula is C80H151N9O55. The van der Waals surface area contributed by atoms with Crippen LogP contribution in [0.5, 0.6) is 0 Å². The summed E-state index contributed by atoms with van der Waals surface area (Å²) in [7, 11) is 0. The van der Waals surface area contributed by atoms with Crippen molar-refractivity contribution < 1.29 is 271 Å². The largest absolute Gasteiger partial charge is 0.394 e. The Morgan fingerprint density at radius 2 is 0.312 bits per heavy atom. The summed E-state index contributed by atoms with van der Waals surface area (Å²) < 4.78 is 90.8. The Morgan fingerprint density at radius 1 is 0.194 bits per heavy atom. The Kier molecular flexibility index (Phi) is 60.3. The molecule has 46 N–H and O–H groups in total. The summed E-state index contributed by atoms with van der Waals surface area (Å²) in [6.45, 7) is 24.3. The van der Waals surface area contributed by atoms with Crippen LogP contribution in [0.2, 0.25) is 0 Å². The summed E-state index contributed by atoms with van der Waals surface area (Å²) in [6.07, 6.45) is -64.6. The predicted molar refractivity (Wildman–Crippen MR) is 466 cm³/mol. The van der Waals surface area contributed by atoms with Crippen LogP contribution in [-0.2, 0) is 128 Å². The smallest absolute Gasteiger partial charge is 0.249 e. The minimum atomic E-state index is -1.62. The average molecular weight is 2120 g/mol. The molecule has 9 saturated heterocycles. The van der Waals surface area contributed by atoms with E-state index in [2.05, 4.69) is 0 Å². The highest BCUT2D eigenvalue weighted by Crippen LogP contribution is 2.32. The van der Waals surface area contributed by atoms with E-state index in [4.69, 9.17) is 142 Å². The lowest BCUT2D eigenvalue weighted by Crippen LogP contribution is -2.62. The molecule has 144 heavy (non-hydrogen) atoms. The highest BCUT2D eigenvalue weighted by molar-refractivity contribution is 5.83. The summed E-state index contributed by atoms with van der Waals surface area (Å²) in [5.74, 6) is -8.33. The van der Waals surface area contributed by atoms with Crippen molar-refractivity contribution in [1.29, 1.82) is 0 Å². The second kappa shape index (κ2) is 64.2. The van der Waals surface area contributed by atoms with E-state index >= 15 is 0 Å². The lowest BCUT2D eigenvalue weighted by molar-refractivity contribution is -0.301. The Hall–Kier alpha value is -6.61. The number of primary amides is 9. The van der Waals surface area contributed by atoms with Gasteiger partial charge in [0.1, 0.15) is 165 Å². The zero-order valence-electron chi connectivity index (χ0n) is 80.9. The third-order valence-electron chi connectivity index (χ3n) is 21.4. The standard InChI is InChI=1S/2C10H19NO6.C9H17NO7.3C9H17NO6.3C8H15NO6/c2*1-3-4(2)16-10-7(14)5(12)6(13)8(17-10)9(11)15;1-3(2-11)16-9-6(14)4(12)5(13)7(17-9)8(10)15;3*1-3(2)15-9-6(13)4(11)5(12)7(16-9)8(10)14;3*1-2-14-8-5(12)3(10)4(11)6(15-8)7(9)13/h2*4-8,10,12-14H,3H2,1-2H3,(H2,11,15);3-7,9,11-14H,2H2,1H3,(H2,10,15);3*3-7,9,11-13H,1-2H3,(H2,10,14);3*3-6,8,10-12H,2H2,1H3,(H2,9,13)/t4?,5?,6-,7+,8?,10-;4?,5?,6-,7-,8?,10+;3?,4?,5-,6+,7?,9-;4?,5-,6+,7?,9+;4?,5-,6+,7?,9-;4?,5-,6-,7?,9+;3?,4-,5+,6?,8+;3?,4-,5+,6?,8-;3?,4-,5-,6?,8+/m100010010/s1. The lowest BCUT2D eigenvalue weighted by Gasteiger charge is -2.39. The summed E-state index contributed by atoms with van der Waals surface area (Å²) in [5, 5.41) is 265. The van der Waals surface area contributed by atoms with Crippen molar-refractivity contribution in [3.05, 3.63) is 0 Å². The fourth-order valence-corrected chi connectivity index (χ4v) is 13.1. The molecule has 9 amide bonds. The molecule has 9 fully saturated rings. The molecule has 48 atom stereocenters. The van der Waals surface area contributed by atoms with Crippen LogP contribution in [0.4, 0.5) is 0 Å². The van der Waals surface area contributed by atoms with E-state index in [0.29, 0.717) is 12.8 Å². The average Bonchev–Trinajstić information content (AvgIpc) is 0.817. The van der Waals surface area contributed by atoms with Crippen molar-refractivity contribution in [2.45, 2.75) is 423 Å². The highest BCUT2D eigenvalue weighted by Gasteiger charge is 2.56. The number of aliphatic hydroxyl groups is 28.